The van der Waals surface area contributed by atoms with E-state index in [9.17, 15) is 4.79 Å². The van der Waals surface area contributed by atoms with Crippen LogP contribution >= 0.6 is 25.3 Å². The molecule has 0 amide bonds. The van der Waals surface area contributed by atoms with Crippen molar-refractivity contribution < 1.29 is 4.79 Å². The third kappa shape index (κ3) is 2.46. The van der Waals surface area contributed by atoms with Gasteiger partial charge >= 0.3 is 0 Å². The minimum Gasteiger partial charge on any atom is -0.292 e. The predicted molar refractivity (Wildman–Crippen MR) is 73.8 cm³/mol. The number of Topliss-reactive ketones (excluding diaryl/α,β-unsaturated/α-hetero) is 1. The van der Waals surface area contributed by atoms with E-state index in [0.29, 0.717) is 0 Å². The minimum absolute atomic E-state index is 0.0208. The summed E-state index contributed by atoms with van der Waals surface area (Å²) in [6.45, 7) is 1.71. The molecule has 0 saturated heterocycles. The highest BCUT2D eigenvalue weighted by Gasteiger charge is 2.25. The summed E-state index contributed by atoms with van der Waals surface area (Å²) < 4.78 is -0.886. The summed E-state index contributed by atoms with van der Waals surface area (Å²) >= 11 is 8.40. The molecule has 3 heteroatoms. The van der Waals surface area contributed by atoms with Gasteiger partial charge in [0.1, 0.15) is 4.08 Å². The van der Waals surface area contributed by atoms with Gasteiger partial charge in [0.25, 0.3) is 0 Å². The van der Waals surface area contributed by atoms with Crippen LogP contribution < -0.4 is 0 Å². The van der Waals surface area contributed by atoms with E-state index in [1.54, 1.807) is 6.92 Å². The first-order valence-electron chi connectivity index (χ1n) is 5.60. The van der Waals surface area contributed by atoms with Crippen LogP contribution in [0.5, 0.6) is 0 Å². The maximum Gasteiger partial charge on any atom is 0.188 e. The fourth-order valence-electron chi connectivity index (χ4n) is 2.15. The molecule has 0 aliphatic heterocycles. The van der Waals surface area contributed by atoms with Gasteiger partial charge in [0.2, 0.25) is 0 Å². The van der Waals surface area contributed by atoms with Crippen molar-refractivity contribution >= 4 is 31.0 Å². The number of ketones is 1. The highest BCUT2D eigenvalue weighted by molar-refractivity contribution is 8.02. The van der Waals surface area contributed by atoms with Gasteiger partial charge in [-0.3, -0.25) is 4.79 Å². The van der Waals surface area contributed by atoms with Crippen LogP contribution in [0, 0.1) is 0 Å². The Labute approximate surface area is 107 Å². The lowest BCUT2D eigenvalue weighted by atomic mass is 9.89. The van der Waals surface area contributed by atoms with Crippen LogP contribution in [0.3, 0.4) is 0 Å². The zero-order valence-corrected chi connectivity index (χ0v) is 11.2. The lowest BCUT2D eigenvalue weighted by molar-refractivity contribution is 0.0985. The first kappa shape index (κ1) is 12.1. The molecule has 0 fully saturated rings. The topological polar surface area (TPSA) is 17.1 Å². The van der Waals surface area contributed by atoms with Gasteiger partial charge in [0.15, 0.2) is 5.78 Å². The minimum atomic E-state index is -0.886. The molecule has 0 saturated carbocycles. The van der Waals surface area contributed by atoms with Gasteiger partial charge in [0, 0.05) is 5.56 Å². The Hall–Kier alpha value is -0.410. The largest absolute Gasteiger partial charge is 0.292 e. The number of fused-ring (bicyclic) bond motifs is 1. The number of carbonyl (C=O) groups excluding carboxylic acids is 1. The summed E-state index contributed by atoms with van der Waals surface area (Å²) in [4.78, 5) is 12.0. The van der Waals surface area contributed by atoms with E-state index in [4.69, 9.17) is 0 Å². The van der Waals surface area contributed by atoms with Crippen molar-refractivity contribution in [3.05, 3.63) is 34.9 Å². The summed E-state index contributed by atoms with van der Waals surface area (Å²) in [6, 6.07) is 5.99. The fourth-order valence-corrected chi connectivity index (χ4v) is 2.41. The Morgan fingerprint density at radius 3 is 2.44 bits per heavy atom. The second kappa shape index (κ2) is 4.46. The van der Waals surface area contributed by atoms with Crippen LogP contribution in [-0.2, 0) is 12.8 Å². The van der Waals surface area contributed by atoms with Gasteiger partial charge in [-0.25, -0.2) is 0 Å². The van der Waals surface area contributed by atoms with Crippen molar-refractivity contribution in [1.29, 1.82) is 0 Å². The van der Waals surface area contributed by atoms with Crippen LogP contribution in [0.25, 0.3) is 0 Å². The standard InChI is InChI=1S/C13H16OS2/c1-13(15,16)12(14)11-7-6-9-4-2-3-5-10(9)8-11/h6-8,15-16H,2-5H2,1H3. The van der Waals surface area contributed by atoms with Crippen LogP contribution in [0.15, 0.2) is 18.2 Å². The molecule has 0 aromatic heterocycles. The molecule has 0 spiro atoms. The Bertz CT molecular complexity index is 418. The van der Waals surface area contributed by atoms with E-state index in [0.717, 1.165) is 18.4 Å². The van der Waals surface area contributed by atoms with E-state index < -0.39 is 4.08 Å². The SMILES string of the molecule is CC(S)(S)C(=O)c1ccc2c(c1)CCCC2. The normalized spacial score (nSPS) is 15.7. The lowest BCUT2D eigenvalue weighted by Gasteiger charge is -2.19. The average Bonchev–Trinajstić information content (AvgIpc) is 2.26. The molecule has 0 radical (unpaired) electrons. The van der Waals surface area contributed by atoms with Crippen molar-refractivity contribution in [2.24, 2.45) is 0 Å². The zero-order chi connectivity index (χ0) is 11.8. The van der Waals surface area contributed by atoms with E-state index in [1.165, 1.54) is 24.0 Å². The van der Waals surface area contributed by atoms with E-state index >= 15 is 0 Å². The molecule has 1 aliphatic rings. The summed E-state index contributed by atoms with van der Waals surface area (Å²) in [6.07, 6.45) is 4.72. The van der Waals surface area contributed by atoms with Gasteiger partial charge in [0.05, 0.1) is 0 Å². The third-order valence-electron chi connectivity index (χ3n) is 3.04. The molecular formula is C13H16OS2. The summed E-state index contributed by atoms with van der Waals surface area (Å²) in [5.41, 5.74) is 3.44. The Morgan fingerprint density at radius 1 is 1.19 bits per heavy atom. The highest BCUT2D eigenvalue weighted by Crippen LogP contribution is 2.27. The van der Waals surface area contributed by atoms with Crippen molar-refractivity contribution in [1.82, 2.24) is 0 Å². The third-order valence-corrected chi connectivity index (χ3v) is 3.45. The highest BCUT2D eigenvalue weighted by atomic mass is 32.2. The lowest BCUT2D eigenvalue weighted by Crippen LogP contribution is -2.22. The fraction of sp³-hybridized carbons (Fsp3) is 0.462. The van der Waals surface area contributed by atoms with Gasteiger partial charge in [-0.2, -0.15) is 25.3 Å². The number of hydrogen-bond acceptors (Lipinski definition) is 3. The van der Waals surface area contributed by atoms with E-state index in [2.05, 4.69) is 31.3 Å². The smallest absolute Gasteiger partial charge is 0.188 e. The Balaban J connectivity index is 2.34. The number of aryl methyl sites for hydroxylation is 2. The molecule has 1 aromatic rings. The Kier molecular flexibility index (Phi) is 3.36. The maximum atomic E-state index is 12.0. The molecule has 0 bridgehead atoms. The second-order valence-electron chi connectivity index (χ2n) is 4.54. The molecule has 2 rings (SSSR count). The van der Waals surface area contributed by atoms with Crippen molar-refractivity contribution in [2.75, 3.05) is 0 Å². The first-order valence-corrected chi connectivity index (χ1v) is 6.49. The number of hydrogen-bond donors (Lipinski definition) is 2. The molecule has 16 heavy (non-hydrogen) atoms. The van der Waals surface area contributed by atoms with Crippen LogP contribution in [0.4, 0.5) is 0 Å². The monoisotopic (exact) mass is 252 g/mol. The molecule has 1 aromatic carbocycles. The van der Waals surface area contributed by atoms with E-state index in [-0.39, 0.29) is 5.78 Å². The number of rotatable bonds is 2. The zero-order valence-electron chi connectivity index (χ0n) is 9.36. The molecule has 86 valence electrons. The molecule has 0 unspecified atom stereocenters. The molecule has 1 nitrogen and oxygen atoms in total. The van der Waals surface area contributed by atoms with Gasteiger partial charge in [-0.1, -0.05) is 12.1 Å². The van der Waals surface area contributed by atoms with Crippen molar-refractivity contribution in [2.45, 2.75) is 36.7 Å². The van der Waals surface area contributed by atoms with Gasteiger partial charge < -0.3 is 0 Å². The van der Waals surface area contributed by atoms with Crippen LogP contribution in [-0.4, -0.2) is 9.86 Å². The van der Waals surface area contributed by atoms with Crippen molar-refractivity contribution in [3.63, 3.8) is 0 Å². The molecule has 0 N–H and O–H groups in total. The number of benzene rings is 1. The quantitative estimate of drug-likeness (QED) is 0.469. The molecule has 1 aliphatic carbocycles. The van der Waals surface area contributed by atoms with E-state index in [1.807, 2.05) is 12.1 Å². The van der Waals surface area contributed by atoms with Crippen molar-refractivity contribution in [3.8, 4) is 0 Å². The maximum absolute atomic E-state index is 12.0. The number of thiol groups is 2. The predicted octanol–water partition coefficient (Wildman–Crippen LogP) is 3.32. The molecule has 0 atom stereocenters. The summed E-state index contributed by atoms with van der Waals surface area (Å²) in [5, 5.41) is 0. The second-order valence-corrected chi connectivity index (χ2v) is 6.68. The van der Waals surface area contributed by atoms with Crippen LogP contribution in [0.1, 0.15) is 41.3 Å². The van der Waals surface area contributed by atoms with Gasteiger partial charge in [-0.15, -0.1) is 0 Å². The molecular weight excluding hydrogens is 236 g/mol. The Morgan fingerprint density at radius 2 is 1.81 bits per heavy atom. The summed E-state index contributed by atoms with van der Waals surface area (Å²) in [7, 11) is 0. The van der Waals surface area contributed by atoms with Gasteiger partial charge in [-0.05, 0) is 49.8 Å². The average molecular weight is 252 g/mol. The number of carbonyl (C=O) groups is 1. The molecule has 0 heterocycles. The van der Waals surface area contributed by atoms with Crippen LogP contribution in [0.2, 0.25) is 0 Å². The summed E-state index contributed by atoms with van der Waals surface area (Å²) in [5.74, 6) is -0.0208. The first-order chi connectivity index (χ1) is 7.48.